The number of carbonyl (C=O) groups excluding carboxylic acids is 1. The zero-order valence-corrected chi connectivity index (χ0v) is 13.6. The van der Waals surface area contributed by atoms with Gasteiger partial charge in [-0.2, -0.15) is 13.4 Å². The molecule has 1 fully saturated rings. The third kappa shape index (κ3) is 3.20. The van der Waals surface area contributed by atoms with Gasteiger partial charge in [0.2, 0.25) is 6.08 Å². The lowest BCUT2D eigenvalue weighted by atomic mass is 9.96. The van der Waals surface area contributed by atoms with Gasteiger partial charge in [0.25, 0.3) is 10.1 Å². The SMILES string of the molecule is NC1NC=Nc2c1ncn2C1OC(CO)CC1(CS(=O)(=O)O)N=C=O. The quantitative estimate of drug-likeness (QED) is 0.267. The standard InChI is InChI=1S/C12H16N6O6S/c13-9-8-10(15-4-14-9)18(5-16-8)11-12(17-6-20,3-25(21,22)23)1-7(2-19)24-11/h4-5,7,9,11,19H,1-3,13H2,(H,14,15)(H,21,22,23). The first-order valence-electron chi connectivity index (χ1n) is 7.21. The molecule has 0 aliphatic carbocycles. The predicted molar refractivity (Wildman–Crippen MR) is 83.3 cm³/mol. The second kappa shape index (κ2) is 6.29. The number of rotatable bonds is 5. The van der Waals surface area contributed by atoms with Gasteiger partial charge in [0.05, 0.1) is 25.4 Å². The van der Waals surface area contributed by atoms with Crippen molar-refractivity contribution in [1.29, 1.82) is 0 Å². The molecular weight excluding hydrogens is 356 g/mol. The van der Waals surface area contributed by atoms with Crippen molar-refractivity contribution < 1.29 is 27.6 Å². The second-order valence-electron chi connectivity index (χ2n) is 5.79. The van der Waals surface area contributed by atoms with Crippen molar-refractivity contribution in [3.8, 4) is 0 Å². The Morgan fingerprint density at radius 1 is 1.60 bits per heavy atom. The molecule has 0 spiro atoms. The molecule has 0 saturated carbocycles. The third-order valence-electron chi connectivity index (χ3n) is 4.05. The summed E-state index contributed by atoms with van der Waals surface area (Å²) in [5.74, 6) is -0.604. The molecule has 12 nitrogen and oxygen atoms in total. The van der Waals surface area contributed by atoms with Crippen LogP contribution < -0.4 is 11.1 Å². The zero-order chi connectivity index (χ0) is 18.2. The molecule has 13 heteroatoms. The van der Waals surface area contributed by atoms with E-state index in [0.717, 1.165) is 0 Å². The molecule has 4 unspecified atom stereocenters. The molecule has 25 heavy (non-hydrogen) atoms. The molecular formula is C12H16N6O6S. The zero-order valence-electron chi connectivity index (χ0n) is 12.8. The van der Waals surface area contributed by atoms with Crippen LogP contribution in [-0.4, -0.2) is 64.0 Å². The summed E-state index contributed by atoms with van der Waals surface area (Å²) in [5, 5.41) is 12.2. The largest absolute Gasteiger partial charge is 0.394 e. The smallest absolute Gasteiger partial charge is 0.267 e. The maximum atomic E-state index is 11.5. The first-order valence-corrected chi connectivity index (χ1v) is 8.82. The first kappa shape index (κ1) is 17.7. The van der Waals surface area contributed by atoms with E-state index in [2.05, 4.69) is 20.3 Å². The van der Waals surface area contributed by atoms with Gasteiger partial charge in [-0.05, 0) is 0 Å². The molecule has 2 aliphatic heterocycles. The summed E-state index contributed by atoms with van der Waals surface area (Å²) >= 11 is 0. The number of nitrogens with zero attached hydrogens (tertiary/aromatic N) is 4. The van der Waals surface area contributed by atoms with Gasteiger partial charge in [-0.15, -0.1) is 0 Å². The van der Waals surface area contributed by atoms with Crippen LogP contribution in [0, 0.1) is 0 Å². The van der Waals surface area contributed by atoms with E-state index in [9.17, 15) is 22.9 Å². The van der Waals surface area contributed by atoms with Crippen molar-refractivity contribution in [2.45, 2.75) is 30.5 Å². The molecule has 0 bridgehead atoms. The van der Waals surface area contributed by atoms with E-state index < -0.39 is 46.5 Å². The average Bonchev–Trinajstić information content (AvgIpc) is 3.08. The molecule has 0 radical (unpaired) electrons. The molecule has 1 saturated heterocycles. The van der Waals surface area contributed by atoms with Crippen molar-refractivity contribution in [2.24, 2.45) is 15.7 Å². The van der Waals surface area contributed by atoms with E-state index in [1.54, 1.807) is 0 Å². The Hall–Kier alpha value is -2.15. The highest BCUT2D eigenvalue weighted by Gasteiger charge is 2.53. The normalized spacial score (nSPS) is 31.2. The number of aliphatic imine (C=N–C) groups is 2. The molecule has 136 valence electrons. The van der Waals surface area contributed by atoms with Gasteiger partial charge in [-0.1, -0.05) is 0 Å². The minimum atomic E-state index is -4.52. The number of imidazole rings is 1. The lowest BCUT2D eigenvalue weighted by Gasteiger charge is -2.29. The molecule has 5 N–H and O–H groups in total. The highest BCUT2D eigenvalue weighted by atomic mass is 32.2. The van der Waals surface area contributed by atoms with Crippen molar-refractivity contribution in [1.82, 2.24) is 14.9 Å². The van der Waals surface area contributed by atoms with Crippen LogP contribution >= 0.6 is 0 Å². The van der Waals surface area contributed by atoms with E-state index >= 15 is 0 Å². The lowest BCUT2D eigenvalue weighted by molar-refractivity contribution is -0.0339. The van der Waals surface area contributed by atoms with Gasteiger partial charge in [-0.3, -0.25) is 9.12 Å². The number of fused-ring (bicyclic) bond motifs is 1. The monoisotopic (exact) mass is 372 g/mol. The summed E-state index contributed by atoms with van der Waals surface area (Å²) in [6.45, 7) is -0.431. The van der Waals surface area contributed by atoms with E-state index in [1.807, 2.05) is 0 Å². The van der Waals surface area contributed by atoms with Crippen molar-refractivity contribution in [3.05, 3.63) is 12.0 Å². The van der Waals surface area contributed by atoms with Gasteiger partial charge < -0.3 is 20.9 Å². The predicted octanol–water partition coefficient (Wildman–Crippen LogP) is -1.65. The van der Waals surface area contributed by atoms with Crippen molar-refractivity contribution in [3.63, 3.8) is 0 Å². The Morgan fingerprint density at radius 3 is 3.00 bits per heavy atom. The second-order valence-corrected chi connectivity index (χ2v) is 7.25. The van der Waals surface area contributed by atoms with E-state index in [0.29, 0.717) is 5.69 Å². The van der Waals surface area contributed by atoms with Crippen LogP contribution in [0.4, 0.5) is 5.82 Å². The molecule has 3 heterocycles. The molecule has 0 aromatic carbocycles. The Morgan fingerprint density at radius 2 is 2.36 bits per heavy atom. The number of aliphatic hydroxyl groups excluding tert-OH is 1. The minimum Gasteiger partial charge on any atom is -0.394 e. The fourth-order valence-electron chi connectivity index (χ4n) is 3.10. The minimum absolute atomic E-state index is 0.121. The van der Waals surface area contributed by atoms with E-state index in [-0.39, 0.29) is 12.2 Å². The van der Waals surface area contributed by atoms with Gasteiger partial charge >= 0.3 is 0 Å². The van der Waals surface area contributed by atoms with Crippen LogP contribution in [0.2, 0.25) is 0 Å². The summed E-state index contributed by atoms with van der Waals surface area (Å²) in [7, 11) is -4.52. The number of nitrogens with two attached hydrogens (primary N) is 1. The topological polar surface area (TPSA) is 181 Å². The van der Waals surface area contributed by atoms with Crippen LogP contribution in [0.25, 0.3) is 0 Å². The van der Waals surface area contributed by atoms with Crippen LogP contribution in [0.15, 0.2) is 16.3 Å². The fourth-order valence-corrected chi connectivity index (χ4v) is 4.06. The van der Waals surface area contributed by atoms with Crippen LogP contribution in [0.5, 0.6) is 0 Å². The molecule has 3 rings (SSSR count). The summed E-state index contributed by atoms with van der Waals surface area (Å²) < 4.78 is 39.3. The highest BCUT2D eigenvalue weighted by Crippen LogP contribution is 2.44. The molecule has 1 aromatic rings. The number of ether oxygens (including phenoxy) is 1. The third-order valence-corrected chi connectivity index (χ3v) is 4.91. The Bertz CT molecular complexity index is 846. The van der Waals surface area contributed by atoms with Gasteiger partial charge in [0.1, 0.15) is 23.2 Å². The van der Waals surface area contributed by atoms with Crippen LogP contribution in [-0.2, 0) is 19.6 Å². The van der Waals surface area contributed by atoms with E-state index in [4.69, 9.17) is 10.5 Å². The molecule has 1 aromatic heterocycles. The number of aliphatic hydroxyl groups is 1. The number of aromatic nitrogens is 2. The van der Waals surface area contributed by atoms with Crippen molar-refractivity contribution in [2.75, 3.05) is 12.4 Å². The molecule has 0 amide bonds. The summed E-state index contributed by atoms with van der Waals surface area (Å²) in [4.78, 5) is 22.8. The lowest BCUT2D eigenvalue weighted by Crippen LogP contribution is -2.41. The van der Waals surface area contributed by atoms with Gasteiger partial charge in [0, 0.05) is 6.42 Å². The van der Waals surface area contributed by atoms with Crippen LogP contribution in [0.3, 0.4) is 0 Å². The summed E-state index contributed by atoms with van der Waals surface area (Å²) in [6.07, 6.45) is 1.27. The molecule has 4 atom stereocenters. The van der Waals surface area contributed by atoms with Gasteiger partial charge in [-0.25, -0.2) is 14.8 Å². The van der Waals surface area contributed by atoms with Gasteiger partial charge in [0.15, 0.2) is 12.0 Å². The first-order chi connectivity index (χ1) is 11.8. The molecule has 2 aliphatic rings. The maximum Gasteiger partial charge on any atom is 0.267 e. The summed E-state index contributed by atoms with van der Waals surface area (Å²) in [6, 6.07) is 0. The van der Waals surface area contributed by atoms with Crippen molar-refractivity contribution >= 4 is 28.4 Å². The van der Waals surface area contributed by atoms with Crippen LogP contribution in [0.1, 0.15) is 24.5 Å². The Kier molecular flexibility index (Phi) is 4.45. The maximum absolute atomic E-state index is 11.5. The highest BCUT2D eigenvalue weighted by molar-refractivity contribution is 7.85. The number of hydrogen-bond acceptors (Lipinski definition) is 10. The Balaban J connectivity index is 2.12. The summed E-state index contributed by atoms with van der Waals surface area (Å²) in [5.41, 5.74) is 4.55. The average molecular weight is 372 g/mol. The number of hydrogen-bond donors (Lipinski definition) is 4. The fraction of sp³-hybridized carbons (Fsp3) is 0.583. The van der Waals surface area contributed by atoms with E-state index in [1.165, 1.54) is 23.3 Å². The Labute approximate surface area is 142 Å². The number of isocyanates is 1. The number of nitrogens with one attached hydrogen (secondary N) is 1.